The van der Waals surface area contributed by atoms with Crippen molar-refractivity contribution in [1.82, 2.24) is 5.32 Å². The summed E-state index contributed by atoms with van der Waals surface area (Å²) in [6, 6.07) is 3.32. The Kier molecular flexibility index (Phi) is 6.86. The molecule has 9 heteroatoms. The lowest BCUT2D eigenvalue weighted by molar-refractivity contribution is -0.137. The van der Waals surface area contributed by atoms with E-state index in [9.17, 15) is 14.4 Å². The van der Waals surface area contributed by atoms with E-state index in [0.717, 1.165) is 0 Å². The van der Waals surface area contributed by atoms with E-state index in [1.165, 1.54) is 26.2 Å². The minimum atomic E-state index is -0.908. The number of anilines is 1. The van der Waals surface area contributed by atoms with Crippen molar-refractivity contribution >= 4 is 23.5 Å². The molecule has 0 saturated carbocycles. The number of hydrogen-bond donors (Lipinski definition) is 2. The summed E-state index contributed by atoms with van der Waals surface area (Å²) in [5.74, 6) is -0.598. The van der Waals surface area contributed by atoms with Crippen LogP contribution in [0.1, 0.15) is 19.3 Å². The highest BCUT2D eigenvalue weighted by molar-refractivity contribution is 6.00. The van der Waals surface area contributed by atoms with Crippen LogP contribution >= 0.6 is 0 Å². The number of benzene rings is 1. The van der Waals surface area contributed by atoms with Crippen LogP contribution in [-0.4, -0.2) is 57.3 Å². The molecule has 1 aliphatic heterocycles. The van der Waals surface area contributed by atoms with E-state index >= 15 is 0 Å². The first-order valence-electron chi connectivity index (χ1n) is 8.51. The number of amides is 2. The molecular weight excluding hydrogens is 356 g/mol. The molecule has 2 N–H and O–H groups in total. The minimum absolute atomic E-state index is 0.0125. The average Bonchev–Trinajstić information content (AvgIpc) is 3.05. The third-order valence-corrected chi connectivity index (χ3v) is 4.32. The first kappa shape index (κ1) is 20.3. The standard InChI is InChI=1S/C18H24N2O7/c1-25-13-8-12(9-14(26-2)17(13)27-3)20-10-11(7-15(20)21)18(24)19-6-4-5-16(22)23/h8-9,11H,4-7,10H2,1-3H3,(H,19,24)(H,22,23). The third kappa shape index (κ3) is 4.81. The predicted octanol–water partition coefficient (Wildman–Crippen LogP) is 1.05. The van der Waals surface area contributed by atoms with E-state index in [2.05, 4.69) is 5.32 Å². The number of nitrogens with one attached hydrogen (secondary N) is 1. The number of carbonyl (C=O) groups is 3. The predicted molar refractivity (Wildman–Crippen MR) is 96.4 cm³/mol. The summed E-state index contributed by atoms with van der Waals surface area (Å²) in [6.07, 6.45) is 0.418. The number of carboxylic acid groups (broad SMARTS) is 1. The zero-order valence-electron chi connectivity index (χ0n) is 15.6. The average molecular weight is 380 g/mol. The second-order valence-corrected chi connectivity index (χ2v) is 6.08. The highest BCUT2D eigenvalue weighted by atomic mass is 16.5. The van der Waals surface area contributed by atoms with Gasteiger partial charge in [-0.2, -0.15) is 0 Å². The summed E-state index contributed by atoms with van der Waals surface area (Å²) in [7, 11) is 4.46. The third-order valence-electron chi connectivity index (χ3n) is 4.32. The van der Waals surface area contributed by atoms with E-state index < -0.39 is 11.9 Å². The molecule has 1 aromatic carbocycles. The molecule has 0 radical (unpaired) electrons. The Morgan fingerprint density at radius 3 is 2.33 bits per heavy atom. The molecule has 0 aliphatic carbocycles. The van der Waals surface area contributed by atoms with Crippen LogP contribution < -0.4 is 24.4 Å². The quantitative estimate of drug-likeness (QED) is 0.615. The van der Waals surface area contributed by atoms with Gasteiger partial charge in [0, 0.05) is 38.1 Å². The number of carbonyl (C=O) groups excluding carboxylic acids is 2. The van der Waals surface area contributed by atoms with Crippen LogP contribution in [0.2, 0.25) is 0 Å². The first-order valence-corrected chi connectivity index (χ1v) is 8.51. The lowest BCUT2D eigenvalue weighted by atomic mass is 10.1. The Hall–Kier alpha value is -2.97. The lowest BCUT2D eigenvalue weighted by Crippen LogP contribution is -2.33. The first-order chi connectivity index (χ1) is 12.9. The van der Waals surface area contributed by atoms with Crippen LogP contribution in [0.25, 0.3) is 0 Å². The van der Waals surface area contributed by atoms with Gasteiger partial charge >= 0.3 is 5.97 Å². The van der Waals surface area contributed by atoms with E-state index in [1.54, 1.807) is 12.1 Å². The highest BCUT2D eigenvalue weighted by Crippen LogP contribution is 2.42. The van der Waals surface area contributed by atoms with E-state index in [-0.39, 0.29) is 37.7 Å². The molecular formula is C18H24N2O7. The number of methoxy groups -OCH3 is 3. The van der Waals surface area contributed by atoms with Crippen LogP contribution in [0.3, 0.4) is 0 Å². The maximum Gasteiger partial charge on any atom is 0.303 e. The molecule has 0 bridgehead atoms. The number of carboxylic acids is 1. The smallest absolute Gasteiger partial charge is 0.303 e. The number of ether oxygens (including phenoxy) is 3. The fourth-order valence-electron chi connectivity index (χ4n) is 2.95. The molecule has 1 unspecified atom stereocenters. The SMILES string of the molecule is COc1cc(N2CC(C(=O)NCCCC(=O)O)CC2=O)cc(OC)c1OC. The van der Waals surface area contributed by atoms with Gasteiger partial charge in [0.05, 0.1) is 32.9 Å². The molecule has 1 aliphatic rings. The van der Waals surface area contributed by atoms with Gasteiger partial charge in [-0.1, -0.05) is 0 Å². The van der Waals surface area contributed by atoms with Crippen molar-refractivity contribution < 1.29 is 33.7 Å². The van der Waals surface area contributed by atoms with Crippen molar-refractivity contribution in [3.8, 4) is 17.2 Å². The highest BCUT2D eigenvalue weighted by Gasteiger charge is 2.35. The van der Waals surface area contributed by atoms with Gasteiger partial charge in [-0.3, -0.25) is 14.4 Å². The second-order valence-electron chi connectivity index (χ2n) is 6.08. The lowest BCUT2D eigenvalue weighted by Gasteiger charge is -2.20. The van der Waals surface area contributed by atoms with Crippen molar-refractivity contribution in [3.05, 3.63) is 12.1 Å². The van der Waals surface area contributed by atoms with Crippen molar-refractivity contribution in [2.75, 3.05) is 39.3 Å². The van der Waals surface area contributed by atoms with E-state index in [4.69, 9.17) is 19.3 Å². The molecule has 1 atom stereocenters. The van der Waals surface area contributed by atoms with Crippen LogP contribution in [-0.2, 0) is 14.4 Å². The van der Waals surface area contributed by atoms with Crippen LogP contribution in [0.15, 0.2) is 12.1 Å². The largest absolute Gasteiger partial charge is 0.493 e. The van der Waals surface area contributed by atoms with Crippen molar-refractivity contribution in [3.63, 3.8) is 0 Å². The van der Waals surface area contributed by atoms with Gasteiger partial charge in [0.25, 0.3) is 0 Å². The maximum atomic E-state index is 12.4. The van der Waals surface area contributed by atoms with Crippen molar-refractivity contribution in [2.45, 2.75) is 19.3 Å². The molecule has 0 spiro atoms. The molecule has 1 aromatic rings. The fraction of sp³-hybridized carbons (Fsp3) is 0.500. The van der Waals surface area contributed by atoms with Gasteiger partial charge in [-0.25, -0.2) is 0 Å². The van der Waals surface area contributed by atoms with Gasteiger partial charge < -0.3 is 29.5 Å². The monoisotopic (exact) mass is 380 g/mol. The molecule has 0 aromatic heterocycles. The molecule has 2 rings (SSSR count). The van der Waals surface area contributed by atoms with Crippen LogP contribution in [0, 0.1) is 5.92 Å². The zero-order chi connectivity index (χ0) is 20.0. The summed E-state index contributed by atoms with van der Waals surface area (Å²) < 4.78 is 15.9. The minimum Gasteiger partial charge on any atom is -0.493 e. The molecule has 1 heterocycles. The van der Waals surface area contributed by atoms with Crippen LogP contribution in [0.5, 0.6) is 17.2 Å². The molecule has 27 heavy (non-hydrogen) atoms. The summed E-state index contributed by atoms with van der Waals surface area (Å²) >= 11 is 0. The summed E-state index contributed by atoms with van der Waals surface area (Å²) in [4.78, 5) is 36.7. The summed E-state index contributed by atoms with van der Waals surface area (Å²) in [5, 5.41) is 11.3. The molecule has 1 saturated heterocycles. The molecule has 9 nitrogen and oxygen atoms in total. The van der Waals surface area contributed by atoms with Crippen LogP contribution in [0.4, 0.5) is 5.69 Å². The van der Waals surface area contributed by atoms with Gasteiger partial charge in [0.2, 0.25) is 17.6 Å². The number of aliphatic carboxylic acids is 1. The van der Waals surface area contributed by atoms with Crippen molar-refractivity contribution in [1.29, 1.82) is 0 Å². The van der Waals surface area contributed by atoms with Gasteiger partial charge in [-0.05, 0) is 6.42 Å². The normalized spacial score (nSPS) is 16.2. The van der Waals surface area contributed by atoms with Gasteiger partial charge in [0.15, 0.2) is 11.5 Å². The Morgan fingerprint density at radius 2 is 1.81 bits per heavy atom. The summed E-state index contributed by atoms with van der Waals surface area (Å²) in [6.45, 7) is 0.488. The van der Waals surface area contributed by atoms with Gasteiger partial charge in [0.1, 0.15) is 0 Å². The fourth-order valence-corrected chi connectivity index (χ4v) is 2.95. The molecule has 148 valence electrons. The topological polar surface area (TPSA) is 114 Å². The summed E-state index contributed by atoms with van der Waals surface area (Å²) in [5.41, 5.74) is 0.552. The number of nitrogens with zero attached hydrogens (tertiary/aromatic N) is 1. The Bertz CT molecular complexity index is 695. The van der Waals surface area contributed by atoms with Crippen molar-refractivity contribution in [2.24, 2.45) is 5.92 Å². The van der Waals surface area contributed by atoms with E-state index in [0.29, 0.717) is 29.4 Å². The second kappa shape index (κ2) is 9.11. The molecule has 1 fully saturated rings. The number of rotatable bonds is 9. The van der Waals surface area contributed by atoms with E-state index in [1.807, 2.05) is 0 Å². The molecule has 2 amide bonds. The van der Waals surface area contributed by atoms with Gasteiger partial charge in [-0.15, -0.1) is 0 Å². The maximum absolute atomic E-state index is 12.4. The Balaban J connectivity index is 2.09. The number of hydrogen-bond acceptors (Lipinski definition) is 6. The Labute approximate surface area is 157 Å². The zero-order valence-corrected chi connectivity index (χ0v) is 15.6. The Morgan fingerprint density at radius 1 is 1.19 bits per heavy atom.